The van der Waals surface area contributed by atoms with Crippen LogP contribution in [0.5, 0.6) is 0 Å². The van der Waals surface area contributed by atoms with Crippen LogP contribution in [0.2, 0.25) is 0 Å². The lowest BCUT2D eigenvalue weighted by atomic mass is 10.2. The summed E-state index contributed by atoms with van der Waals surface area (Å²) in [4.78, 5) is 48.1. The van der Waals surface area contributed by atoms with Gasteiger partial charge in [0.25, 0.3) is 0 Å². The molecule has 0 aliphatic heterocycles. The molecule has 0 amide bonds. The van der Waals surface area contributed by atoms with Gasteiger partial charge in [-0.15, -0.1) is 0 Å². The topological polar surface area (TPSA) is 122 Å². The zero-order valence-electron chi connectivity index (χ0n) is 17.3. The van der Waals surface area contributed by atoms with E-state index in [2.05, 4.69) is 0 Å². The molecule has 168 valence electrons. The monoisotopic (exact) mass is 450 g/mol. The van der Waals surface area contributed by atoms with Crippen molar-refractivity contribution >= 4 is 33.9 Å². The number of hydrogen-bond acceptors (Lipinski definition) is 9. The zero-order valence-corrected chi connectivity index (χ0v) is 17.3. The standard InChI is InChI=1S/C24H18O9/c25-21(17-13-15-5-1-3-7-19(15)32-23(17)27)30-11-9-29-10-12-31-22(26)18-14-16-6-2-4-8-20(16)33-24(18)28/h1-8,13-14H,9-12H2. The number of benzene rings is 2. The van der Waals surface area contributed by atoms with E-state index in [0.717, 1.165) is 0 Å². The normalized spacial score (nSPS) is 10.9. The minimum atomic E-state index is -0.826. The highest BCUT2D eigenvalue weighted by Crippen LogP contribution is 2.14. The van der Waals surface area contributed by atoms with Crippen molar-refractivity contribution in [3.63, 3.8) is 0 Å². The van der Waals surface area contributed by atoms with Crippen molar-refractivity contribution in [2.75, 3.05) is 26.4 Å². The molecule has 0 aliphatic rings. The molecule has 9 nitrogen and oxygen atoms in total. The van der Waals surface area contributed by atoms with Gasteiger partial charge in [-0.05, 0) is 24.3 Å². The van der Waals surface area contributed by atoms with E-state index in [9.17, 15) is 19.2 Å². The summed E-state index contributed by atoms with van der Waals surface area (Å²) in [6.07, 6.45) is 0. The molecule has 0 saturated heterocycles. The summed E-state index contributed by atoms with van der Waals surface area (Å²) in [5, 5.41) is 1.20. The highest BCUT2D eigenvalue weighted by Gasteiger charge is 2.16. The Morgan fingerprint density at radius 1 is 0.636 bits per heavy atom. The summed E-state index contributed by atoms with van der Waals surface area (Å²) in [7, 11) is 0. The maximum atomic E-state index is 12.1. The predicted octanol–water partition coefficient (Wildman–Crippen LogP) is 2.93. The summed E-state index contributed by atoms with van der Waals surface area (Å²) >= 11 is 0. The molecular weight excluding hydrogens is 432 g/mol. The van der Waals surface area contributed by atoms with Crippen LogP contribution < -0.4 is 11.3 Å². The van der Waals surface area contributed by atoms with Crippen molar-refractivity contribution in [3.05, 3.63) is 92.6 Å². The van der Waals surface area contributed by atoms with Crippen molar-refractivity contribution < 1.29 is 32.6 Å². The summed E-state index contributed by atoms with van der Waals surface area (Å²) in [6, 6.07) is 16.4. The fourth-order valence-electron chi connectivity index (χ4n) is 3.05. The maximum absolute atomic E-state index is 12.1. The Bertz CT molecular complexity index is 1320. The zero-order chi connectivity index (χ0) is 23.2. The number of fused-ring (bicyclic) bond motifs is 2. The molecule has 4 rings (SSSR count). The average molecular weight is 450 g/mol. The first-order chi connectivity index (χ1) is 16.0. The lowest BCUT2D eigenvalue weighted by Gasteiger charge is -2.07. The quantitative estimate of drug-likeness (QED) is 0.226. The van der Waals surface area contributed by atoms with E-state index in [0.29, 0.717) is 21.9 Å². The molecule has 2 heterocycles. The number of ether oxygens (including phenoxy) is 3. The molecule has 0 saturated carbocycles. The Hall–Kier alpha value is -4.24. The molecule has 0 radical (unpaired) electrons. The fourth-order valence-corrected chi connectivity index (χ4v) is 3.05. The Labute approximate surface area is 186 Å². The van der Waals surface area contributed by atoms with Crippen LogP contribution in [0.4, 0.5) is 0 Å². The third-order valence-electron chi connectivity index (χ3n) is 4.64. The van der Waals surface area contributed by atoms with Gasteiger partial charge >= 0.3 is 23.2 Å². The van der Waals surface area contributed by atoms with Gasteiger partial charge in [0.05, 0.1) is 13.2 Å². The second-order valence-electron chi connectivity index (χ2n) is 6.85. The van der Waals surface area contributed by atoms with Gasteiger partial charge in [0.1, 0.15) is 35.5 Å². The maximum Gasteiger partial charge on any atom is 0.351 e. The van der Waals surface area contributed by atoms with Crippen LogP contribution in [0.1, 0.15) is 20.7 Å². The Morgan fingerprint density at radius 2 is 1.06 bits per heavy atom. The minimum Gasteiger partial charge on any atom is -0.459 e. The van der Waals surface area contributed by atoms with Gasteiger partial charge in [-0.25, -0.2) is 19.2 Å². The van der Waals surface area contributed by atoms with Crippen molar-refractivity contribution in [2.45, 2.75) is 0 Å². The van der Waals surface area contributed by atoms with E-state index in [1.54, 1.807) is 48.5 Å². The molecule has 0 bridgehead atoms. The number of carbonyl (C=O) groups is 2. The van der Waals surface area contributed by atoms with Gasteiger partial charge in [-0.2, -0.15) is 0 Å². The third kappa shape index (κ3) is 5.16. The van der Waals surface area contributed by atoms with Crippen LogP contribution in [0.3, 0.4) is 0 Å². The summed E-state index contributed by atoms with van der Waals surface area (Å²) < 4.78 is 25.5. The summed E-state index contributed by atoms with van der Waals surface area (Å²) in [5.41, 5.74) is -1.25. The first kappa shape index (κ1) is 22.0. The molecular formula is C24H18O9. The molecule has 0 aliphatic carbocycles. The van der Waals surface area contributed by atoms with E-state index < -0.39 is 23.2 Å². The van der Waals surface area contributed by atoms with Crippen LogP contribution in [-0.4, -0.2) is 38.4 Å². The van der Waals surface area contributed by atoms with Crippen LogP contribution in [0, 0.1) is 0 Å². The van der Waals surface area contributed by atoms with Gasteiger partial charge < -0.3 is 23.0 Å². The van der Waals surface area contributed by atoms with Crippen LogP contribution in [0.25, 0.3) is 21.9 Å². The van der Waals surface area contributed by atoms with Crippen molar-refractivity contribution in [1.82, 2.24) is 0 Å². The summed E-state index contributed by atoms with van der Waals surface area (Å²) in [6.45, 7) is -0.207. The van der Waals surface area contributed by atoms with E-state index in [-0.39, 0.29) is 37.6 Å². The van der Waals surface area contributed by atoms with Crippen molar-refractivity contribution in [3.8, 4) is 0 Å². The number of rotatable bonds is 8. The molecule has 4 aromatic rings. The Kier molecular flexibility index (Phi) is 6.61. The second kappa shape index (κ2) is 9.92. The van der Waals surface area contributed by atoms with Crippen molar-refractivity contribution in [2.24, 2.45) is 0 Å². The highest BCUT2D eigenvalue weighted by atomic mass is 16.6. The van der Waals surface area contributed by atoms with Gasteiger partial charge in [0.15, 0.2) is 0 Å². The van der Waals surface area contributed by atoms with E-state index in [1.165, 1.54) is 12.1 Å². The van der Waals surface area contributed by atoms with Gasteiger partial charge in [-0.3, -0.25) is 0 Å². The summed E-state index contributed by atoms with van der Waals surface area (Å²) in [5.74, 6) is -1.65. The van der Waals surface area contributed by atoms with Gasteiger partial charge in [0.2, 0.25) is 0 Å². The number of esters is 2. The molecule has 0 unspecified atom stereocenters. The molecule has 2 aromatic heterocycles. The smallest absolute Gasteiger partial charge is 0.351 e. The molecule has 2 aromatic carbocycles. The van der Waals surface area contributed by atoms with E-state index in [4.69, 9.17) is 23.0 Å². The molecule has 0 fully saturated rings. The Balaban J connectivity index is 1.20. The van der Waals surface area contributed by atoms with Crippen LogP contribution >= 0.6 is 0 Å². The number of carbonyl (C=O) groups excluding carboxylic acids is 2. The average Bonchev–Trinajstić information content (AvgIpc) is 2.82. The lowest BCUT2D eigenvalue weighted by Crippen LogP contribution is -2.20. The second-order valence-corrected chi connectivity index (χ2v) is 6.85. The molecule has 9 heteroatoms. The molecule has 0 N–H and O–H groups in total. The fraction of sp³-hybridized carbons (Fsp3) is 0.167. The number of para-hydroxylation sites is 2. The first-order valence-corrected chi connectivity index (χ1v) is 10.0. The predicted molar refractivity (Wildman–Crippen MR) is 116 cm³/mol. The van der Waals surface area contributed by atoms with Crippen LogP contribution in [-0.2, 0) is 14.2 Å². The number of hydrogen-bond donors (Lipinski definition) is 0. The van der Waals surface area contributed by atoms with E-state index in [1.807, 2.05) is 0 Å². The van der Waals surface area contributed by atoms with Gasteiger partial charge in [0, 0.05) is 10.8 Å². The molecule has 0 spiro atoms. The third-order valence-corrected chi connectivity index (χ3v) is 4.64. The Morgan fingerprint density at radius 3 is 1.52 bits per heavy atom. The van der Waals surface area contributed by atoms with Crippen molar-refractivity contribution in [1.29, 1.82) is 0 Å². The molecule has 0 atom stereocenters. The lowest BCUT2D eigenvalue weighted by molar-refractivity contribution is 0.0148. The van der Waals surface area contributed by atoms with Gasteiger partial charge in [-0.1, -0.05) is 36.4 Å². The van der Waals surface area contributed by atoms with E-state index >= 15 is 0 Å². The molecule has 33 heavy (non-hydrogen) atoms. The largest absolute Gasteiger partial charge is 0.459 e. The SMILES string of the molecule is O=C(OCCOCCOC(=O)c1cc2ccccc2oc1=O)c1cc2ccccc2oc1=O. The van der Waals surface area contributed by atoms with Crippen LogP contribution in [0.15, 0.2) is 79.1 Å². The minimum absolute atomic E-state index is 0.0142. The highest BCUT2D eigenvalue weighted by molar-refractivity contribution is 5.93. The first-order valence-electron chi connectivity index (χ1n) is 10.0.